The summed E-state index contributed by atoms with van der Waals surface area (Å²) in [4.78, 5) is 0. The highest BCUT2D eigenvalue weighted by Crippen LogP contribution is 2.38. The molecule has 0 saturated carbocycles. The van der Waals surface area contributed by atoms with Crippen LogP contribution >= 0.6 is 8.38 Å². The van der Waals surface area contributed by atoms with Crippen molar-refractivity contribution in [2.45, 2.75) is 13.8 Å². The van der Waals surface area contributed by atoms with Gasteiger partial charge in [0.1, 0.15) is 0 Å². The highest BCUT2D eigenvalue weighted by molar-refractivity contribution is 7.90. The van der Waals surface area contributed by atoms with Gasteiger partial charge >= 0.3 is 0 Å². The van der Waals surface area contributed by atoms with Gasteiger partial charge in [-0.1, -0.05) is 0 Å². The molecule has 11 heavy (non-hydrogen) atoms. The molecule has 0 aromatic rings. The van der Waals surface area contributed by atoms with Crippen LogP contribution < -0.4 is 0 Å². The van der Waals surface area contributed by atoms with Crippen molar-refractivity contribution in [3.05, 3.63) is 0 Å². The van der Waals surface area contributed by atoms with Crippen LogP contribution in [0.2, 0.25) is 0 Å². The third-order valence-electron chi connectivity index (χ3n) is 0.833. The molecule has 0 aliphatic carbocycles. The highest BCUT2D eigenvalue weighted by atomic mass is 32.2. The number of rotatable bonds is 6. The standard InChI is InChI=1S/C6H15O3PS/c1-4-8-10(9-5-2)6-11(3)7/h4-6H2,1-3H3. The van der Waals surface area contributed by atoms with Crippen molar-refractivity contribution >= 4 is 19.2 Å². The lowest BCUT2D eigenvalue weighted by atomic mass is 10.9. The molecule has 3 nitrogen and oxygen atoms in total. The van der Waals surface area contributed by atoms with E-state index in [1.807, 2.05) is 13.8 Å². The summed E-state index contributed by atoms with van der Waals surface area (Å²) in [5.74, 6) is 0. The van der Waals surface area contributed by atoms with Crippen molar-refractivity contribution in [1.29, 1.82) is 0 Å². The topological polar surface area (TPSA) is 35.5 Å². The smallest absolute Gasteiger partial charge is 0.183 e. The summed E-state index contributed by atoms with van der Waals surface area (Å²) >= 11 is 0. The van der Waals surface area contributed by atoms with Crippen LogP contribution in [0.1, 0.15) is 13.8 Å². The van der Waals surface area contributed by atoms with Crippen molar-refractivity contribution in [3.63, 3.8) is 0 Å². The normalized spacial score (nSPS) is 13.8. The van der Waals surface area contributed by atoms with E-state index in [0.717, 1.165) is 0 Å². The second-order valence-electron chi connectivity index (χ2n) is 1.87. The van der Waals surface area contributed by atoms with E-state index in [4.69, 9.17) is 9.05 Å². The first-order chi connectivity index (χ1) is 5.20. The van der Waals surface area contributed by atoms with E-state index in [-0.39, 0.29) is 0 Å². The van der Waals surface area contributed by atoms with Gasteiger partial charge in [0.2, 0.25) is 0 Å². The fourth-order valence-corrected chi connectivity index (χ4v) is 2.98. The average Bonchev–Trinajstić information content (AvgIpc) is 1.87. The fourth-order valence-electron chi connectivity index (χ4n) is 0.548. The van der Waals surface area contributed by atoms with E-state index >= 15 is 0 Å². The predicted octanol–water partition coefficient (Wildman–Crippen LogP) is 1.71. The van der Waals surface area contributed by atoms with Gasteiger partial charge in [0.25, 0.3) is 0 Å². The first-order valence-electron chi connectivity index (χ1n) is 3.54. The Morgan fingerprint density at radius 3 is 2.00 bits per heavy atom. The van der Waals surface area contributed by atoms with E-state index in [1.165, 1.54) is 0 Å². The van der Waals surface area contributed by atoms with Crippen LogP contribution in [-0.4, -0.2) is 29.2 Å². The molecule has 0 bridgehead atoms. The molecule has 0 saturated heterocycles. The minimum absolute atomic E-state index is 0.525. The molecule has 0 N–H and O–H groups in total. The van der Waals surface area contributed by atoms with E-state index in [0.29, 0.717) is 18.7 Å². The van der Waals surface area contributed by atoms with Gasteiger partial charge in [-0.15, -0.1) is 0 Å². The summed E-state index contributed by atoms with van der Waals surface area (Å²) in [6.45, 7) is 5.08. The van der Waals surface area contributed by atoms with Gasteiger partial charge in [-0.3, -0.25) is 4.21 Å². The second kappa shape index (κ2) is 7.17. The summed E-state index contributed by atoms with van der Waals surface area (Å²) in [7, 11) is -1.72. The van der Waals surface area contributed by atoms with Crippen molar-refractivity contribution in [3.8, 4) is 0 Å². The van der Waals surface area contributed by atoms with Crippen LogP contribution in [0.4, 0.5) is 0 Å². The maximum atomic E-state index is 10.8. The first kappa shape index (κ1) is 11.5. The monoisotopic (exact) mass is 198 g/mol. The molecule has 0 aromatic heterocycles. The SMILES string of the molecule is CCOP(CS(C)=O)OCC. The maximum Gasteiger partial charge on any atom is 0.183 e. The Bertz CT molecular complexity index is 114. The highest BCUT2D eigenvalue weighted by Gasteiger charge is 2.10. The molecule has 0 spiro atoms. The van der Waals surface area contributed by atoms with Crippen LogP contribution in [0, 0.1) is 0 Å². The zero-order valence-corrected chi connectivity index (χ0v) is 8.91. The molecular weight excluding hydrogens is 183 g/mol. The quantitative estimate of drug-likeness (QED) is 0.609. The minimum atomic E-state index is -0.900. The van der Waals surface area contributed by atoms with Gasteiger partial charge in [-0.25, -0.2) is 0 Å². The second-order valence-corrected chi connectivity index (χ2v) is 5.23. The lowest BCUT2D eigenvalue weighted by Crippen LogP contribution is -1.99. The van der Waals surface area contributed by atoms with Crippen LogP contribution in [0.25, 0.3) is 0 Å². The molecule has 0 fully saturated rings. The lowest BCUT2D eigenvalue weighted by Gasteiger charge is -2.13. The molecule has 1 unspecified atom stereocenters. The van der Waals surface area contributed by atoms with Crippen LogP contribution in [0.5, 0.6) is 0 Å². The summed E-state index contributed by atoms with van der Waals surface area (Å²) in [5, 5.41) is 0. The molecule has 5 heteroatoms. The summed E-state index contributed by atoms with van der Waals surface area (Å²) in [5.41, 5.74) is 0.525. The molecule has 0 heterocycles. The molecule has 1 atom stereocenters. The van der Waals surface area contributed by atoms with Gasteiger partial charge < -0.3 is 9.05 Å². The number of hydrogen-bond donors (Lipinski definition) is 0. The van der Waals surface area contributed by atoms with E-state index in [1.54, 1.807) is 6.26 Å². The van der Waals surface area contributed by atoms with Crippen molar-refractivity contribution < 1.29 is 13.3 Å². The Hall–Kier alpha value is 0.500. The lowest BCUT2D eigenvalue weighted by molar-refractivity contribution is 0.272. The van der Waals surface area contributed by atoms with E-state index in [2.05, 4.69) is 0 Å². The average molecular weight is 198 g/mol. The van der Waals surface area contributed by atoms with Gasteiger partial charge in [0, 0.05) is 17.1 Å². The van der Waals surface area contributed by atoms with Gasteiger partial charge in [-0.05, 0) is 13.8 Å². The molecular formula is C6H15O3PS. The molecule has 68 valence electrons. The third kappa shape index (κ3) is 6.88. The van der Waals surface area contributed by atoms with E-state index in [9.17, 15) is 4.21 Å². The molecule has 0 amide bonds. The summed E-state index contributed by atoms with van der Waals surface area (Å²) < 4.78 is 21.3. The first-order valence-corrected chi connectivity index (χ1v) is 6.63. The third-order valence-corrected chi connectivity index (χ3v) is 4.22. The van der Waals surface area contributed by atoms with Gasteiger partial charge in [0.15, 0.2) is 8.38 Å². The van der Waals surface area contributed by atoms with Gasteiger partial charge in [0.05, 0.1) is 18.7 Å². The maximum absolute atomic E-state index is 10.8. The molecule has 0 aliphatic heterocycles. The Morgan fingerprint density at radius 2 is 1.73 bits per heavy atom. The predicted molar refractivity (Wildman–Crippen MR) is 49.1 cm³/mol. The fraction of sp³-hybridized carbons (Fsp3) is 1.00. The van der Waals surface area contributed by atoms with Crippen LogP contribution in [0.15, 0.2) is 0 Å². The Labute approximate surface area is 71.8 Å². The van der Waals surface area contributed by atoms with Crippen LogP contribution in [0.3, 0.4) is 0 Å². The van der Waals surface area contributed by atoms with Crippen molar-refractivity contribution in [2.75, 3.05) is 25.0 Å². The largest absolute Gasteiger partial charge is 0.334 e. The van der Waals surface area contributed by atoms with Crippen LogP contribution in [-0.2, 0) is 19.8 Å². The Balaban J connectivity index is 3.59. The number of hydrogen-bond acceptors (Lipinski definition) is 3. The van der Waals surface area contributed by atoms with Crippen molar-refractivity contribution in [2.24, 2.45) is 0 Å². The zero-order chi connectivity index (χ0) is 8.69. The van der Waals surface area contributed by atoms with Gasteiger partial charge in [-0.2, -0.15) is 0 Å². The summed E-state index contributed by atoms with van der Waals surface area (Å²) in [6.07, 6.45) is 1.66. The minimum Gasteiger partial charge on any atom is -0.334 e. The summed E-state index contributed by atoms with van der Waals surface area (Å²) in [6, 6.07) is 0. The Kier molecular flexibility index (Phi) is 7.49. The molecule has 0 aliphatic rings. The van der Waals surface area contributed by atoms with Crippen molar-refractivity contribution in [1.82, 2.24) is 0 Å². The Morgan fingerprint density at radius 1 is 1.27 bits per heavy atom. The molecule has 0 rings (SSSR count). The van der Waals surface area contributed by atoms with E-state index < -0.39 is 19.2 Å². The molecule has 0 aromatic carbocycles. The molecule has 0 radical (unpaired) electrons. The zero-order valence-electron chi connectivity index (χ0n) is 7.20.